The molecule has 1 N–H and O–H groups in total. The van der Waals surface area contributed by atoms with Crippen molar-refractivity contribution < 1.29 is 4.79 Å². The minimum Gasteiger partial charge on any atom is -0.341 e. The molecule has 1 unspecified atom stereocenters. The van der Waals surface area contributed by atoms with Crippen molar-refractivity contribution in [3.8, 4) is 0 Å². The molecule has 0 radical (unpaired) electrons. The van der Waals surface area contributed by atoms with Crippen molar-refractivity contribution in [2.45, 2.75) is 46.6 Å². The van der Waals surface area contributed by atoms with Gasteiger partial charge in [0, 0.05) is 13.1 Å². The van der Waals surface area contributed by atoms with Gasteiger partial charge < -0.3 is 10.2 Å². The molecule has 1 rings (SSSR count). The maximum absolute atomic E-state index is 12.1. The zero-order valence-electron chi connectivity index (χ0n) is 11.3. The highest BCUT2D eigenvalue weighted by Crippen LogP contribution is 2.28. The summed E-state index contributed by atoms with van der Waals surface area (Å²) in [5.41, 5.74) is 0.200. The van der Waals surface area contributed by atoms with Gasteiger partial charge in [0.25, 0.3) is 0 Å². The van der Waals surface area contributed by atoms with Crippen LogP contribution in [-0.2, 0) is 4.79 Å². The fraction of sp³-hybridized carbons (Fsp3) is 0.923. The molecule has 3 heteroatoms. The van der Waals surface area contributed by atoms with Gasteiger partial charge in [-0.25, -0.2) is 0 Å². The lowest BCUT2D eigenvalue weighted by Gasteiger charge is -2.39. The van der Waals surface area contributed by atoms with Gasteiger partial charge in [-0.3, -0.25) is 4.79 Å². The molecule has 16 heavy (non-hydrogen) atoms. The van der Waals surface area contributed by atoms with Gasteiger partial charge >= 0.3 is 0 Å². The Bertz CT molecular complexity index is 248. The van der Waals surface area contributed by atoms with Gasteiger partial charge in [0.1, 0.15) is 0 Å². The van der Waals surface area contributed by atoms with Crippen LogP contribution in [0.3, 0.4) is 0 Å². The van der Waals surface area contributed by atoms with E-state index in [9.17, 15) is 4.79 Å². The number of piperidine rings is 1. The first-order valence-corrected chi connectivity index (χ1v) is 6.34. The number of nitrogens with one attached hydrogen (secondary N) is 1. The number of hydrogen-bond acceptors (Lipinski definition) is 2. The molecule has 0 bridgehead atoms. The molecule has 0 saturated carbocycles. The van der Waals surface area contributed by atoms with Crippen molar-refractivity contribution in [3.63, 3.8) is 0 Å². The van der Waals surface area contributed by atoms with Crippen LogP contribution in [0.15, 0.2) is 0 Å². The summed E-state index contributed by atoms with van der Waals surface area (Å²) in [6.07, 6.45) is 2.10. The minimum atomic E-state index is 0.0386. The fourth-order valence-corrected chi connectivity index (χ4v) is 2.04. The first kappa shape index (κ1) is 13.5. The molecule has 1 heterocycles. The molecular formula is C13H26N2O. The summed E-state index contributed by atoms with van der Waals surface area (Å²) in [6, 6.07) is 0.0386. The highest BCUT2D eigenvalue weighted by molar-refractivity contribution is 5.82. The lowest BCUT2D eigenvalue weighted by Crippen LogP contribution is -2.52. The van der Waals surface area contributed by atoms with Crippen LogP contribution < -0.4 is 5.32 Å². The molecule has 0 spiro atoms. The molecule has 0 aromatic carbocycles. The van der Waals surface area contributed by atoms with Gasteiger partial charge in [-0.15, -0.1) is 0 Å². The van der Waals surface area contributed by atoms with Crippen molar-refractivity contribution in [1.29, 1.82) is 0 Å². The molecule has 1 fully saturated rings. The molecule has 1 saturated heterocycles. The number of likely N-dealkylation sites (tertiary alicyclic amines) is 1. The van der Waals surface area contributed by atoms with E-state index in [1.807, 2.05) is 11.9 Å². The van der Waals surface area contributed by atoms with Crippen LogP contribution in [0, 0.1) is 11.3 Å². The quantitative estimate of drug-likeness (QED) is 0.794. The van der Waals surface area contributed by atoms with Gasteiger partial charge in [-0.1, -0.05) is 27.7 Å². The predicted molar refractivity (Wildman–Crippen MR) is 67.3 cm³/mol. The largest absolute Gasteiger partial charge is 0.341 e. The summed E-state index contributed by atoms with van der Waals surface area (Å²) in [7, 11) is 1.87. The minimum absolute atomic E-state index is 0.0386. The summed E-state index contributed by atoms with van der Waals surface area (Å²) < 4.78 is 0. The fourth-order valence-electron chi connectivity index (χ4n) is 2.04. The summed E-state index contributed by atoms with van der Waals surface area (Å²) in [4.78, 5) is 14.2. The van der Waals surface area contributed by atoms with E-state index in [0.717, 1.165) is 25.9 Å². The van der Waals surface area contributed by atoms with E-state index in [1.165, 1.54) is 0 Å². The number of carbonyl (C=O) groups is 1. The van der Waals surface area contributed by atoms with Gasteiger partial charge in [-0.05, 0) is 31.2 Å². The maximum Gasteiger partial charge on any atom is 0.239 e. The van der Waals surface area contributed by atoms with E-state index < -0.39 is 0 Å². The van der Waals surface area contributed by atoms with Gasteiger partial charge in [0.15, 0.2) is 0 Å². The smallest absolute Gasteiger partial charge is 0.239 e. The zero-order valence-corrected chi connectivity index (χ0v) is 11.3. The van der Waals surface area contributed by atoms with Crippen LogP contribution in [0.25, 0.3) is 0 Å². The molecule has 1 aliphatic heterocycles. The van der Waals surface area contributed by atoms with Crippen LogP contribution >= 0.6 is 0 Å². The van der Waals surface area contributed by atoms with E-state index in [0.29, 0.717) is 5.92 Å². The molecular weight excluding hydrogens is 200 g/mol. The Morgan fingerprint density at radius 1 is 1.50 bits per heavy atom. The molecule has 0 aliphatic carbocycles. The second-order valence-electron chi connectivity index (χ2n) is 5.89. The summed E-state index contributed by atoms with van der Waals surface area (Å²) >= 11 is 0. The third-order valence-corrected chi connectivity index (χ3v) is 4.04. The number of nitrogens with zero attached hydrogens (tertiary/aromatic N) is 1. The highest BCUT2D eigenvalue weighted by Gasteiger charge is 2.32. The molecule has 0 aromatic rings. The number of rotatable bonds is 4. The Labute approximate surface area is 99.6 Å². The molecule has 94 valence electrons. The van der Waals surface area contributed by atoms with Crippen LogP contribution in [0.4, 0.5) is 0 Å². The van der Waals surface area contributed by atoms with Crippen molar-refractivity contribution in [2.75, 3.05) is 20.1 Å². The Hall–Kier alpha value is -0.570. The van der Waals surface area contributed by atoms with E-state index in [2.05, 4.69) is 33.0 Å². The van der Waals surface area contributed by atoms with Crippen LogP contribution in [0.2, 0.25) is 0 Å². The van der Waals surface area contributed by atoms with Gasteiger partial charge in [0.05, 0.1) is 6.04 Å². The third kappa shape index (κ3) is 2.97. The molecule has 1 atom stereocenters. The van der Waals surface area contributed by atoms with E-state index in [4.69, 9.17) is 0 Å². The Morgan fingerprint density at radius 3 is 2.62 bits per heavy atom. The molecule has 0 aromatic heterocycles. The maximum atomic E-state index is 12.1. The monoisotopic (exact) mass is 226 g/mol. The summed E-state index contributed by atoms with van der Waals surface area (Å²) in [5, 5.41) is 3.11. The van der Waals surface area contributed by atoms with Crippen molar-refractivity contribution >= 4 is 5.91 Å². The van der Waals surface area contributed by atoms with E-state index in [1.54, 1.807) is 0 Å². The van der Waals surface area contributed by atoms with E-state index in [-0.39, 0.29) is 17.4 Å². The third-order valence-electron chi connectivity index (χ3n) is 4.04. The van der Waals surface area contributed by atoms with Crippen LogP contribution in [0.5, 0.6) is 0 Å². The number of hydrogen-bond donors (Lipinski definition) is 1. The van der Waals surface area contributed by atoms with Crippen LogP contribution in [-0.4, -0.2) is 37.0 Å². The number of likely N-dealkylation sites (N-methyl/N-ethyl adjacent to an activating group) is 1. The van der Waals surface area contributed by atoms with Crippen molar-refractivity contribution in [2.24, 2.45) is 11.3 Å². The van der Waals surface area contributed by atoms with Crippen LogP contribution in [0.1, 0.15) is 40.5 Å². The van der Waals surface area contributed by atoms with Gasteiger partial charge in [-0.2, -0.15) is 0 Å². The SMILES string of the molecule is CNC1CCCN(CC(C)(C)C(C)C)C1=O. The summed E-state index contributed by atoms with van der Waals surface area (Å²) in [5.74, 6) is 0.873. The second-order valence-corrected chi connectivity index (χ2v) is 5.89. The lowest BCUT2D eigenvalue weighted by molar-refractivity contribution is -0.137. The number of carbonyl (C=O) groups excluding carboxylic acids is 1. The van der Waals surface area contributed by atoms with Gasteiger partial charge in [0.2, 0.25) is 5.91 Å². The first-order valence-electron chi connectivity index (χ1n) is 6.34. The predicted octanol–water partition coefficient (Wildman–Crippen LogP) is 1.88. The summed E-state index contributed by atoms with van der Waals surface area (Å²) in [6.45, 7) is 10.7. The van der Waals surface area contributed by atoms with Crippen molar-refractivity contribution in [3.05, 3.63) is 0 Å². The Balaban J connectivity index is 2.63. The average molecular weight is 226 g/mol. The average Bonchev–Trinajstić information content (AvgIpc) is 2.20. The van der Waals surface area contributed by atoms with E-state index >= 15 is 0 Å². The zero-order chi connectivity index (χ0) is 12.3. The normalized spacial score (nSPS) is 23.0. The second kappa shape index (κ2) is 5.17. The molecule has 3 nitrogen and oxygen atoms in total. The first-order chi connectivity index (χ1) is 7.38. The number of amides is 1. The Morgan fingerprint density at radius 2 is 2.12 bits per heavy atom. The highest BCUT2D eigenvalue weighted by atomic mass is 16.2. The topological polar surface area (TPSA) is 32.3 Å². The lowest BCUT2D eigenvalue weighted by atomic mass is 9.80. The van der Waals surface area contributed by atoms with Crippen molar-refractivity contribution in [1.82, 2.24) is 10.2 Å². The standard InChI is InChI=1S/C13H26N2O/c1-10(2)13(3,4)9-15-8-6-7-11(14-5)12(15)16/h10-11,14H,6-9H2,1-5H3. The molecule has 1 amide bonds. The molecule has 1 aliphatic rings. The Kier molecular flexibility index (Phi) is 4.36.